The third kappa shape index (κ3) is 6.50. The Kier molecular flexibility index (Phi) is 8.86. The van der Waals surface area contributed by atoms with Crippen molar-refractivity contribution in [2.24, 2.45) is 18.7 Å². The molecular formula is C29H33F4N9O3. The zero-order chi connectivity index (χ0) is 32.6. The number of aliphatic hydroxyl groups excluding tert-OH is 1. The molecule has 4 N–H and O–H groups in total. The van der Waals surface area contributed by atoms with Crippen molar-refractivity contribution >= 4 is 17.5 Å². The van der Waals surface area contributed by atoms with Crippen LogP contribution >= 0.6 is 0 Å². The zero-order valence-corrected chi connectivity index (χ0v) is 24.7. The summed E-state index contributed by atoms with van der Waals surface area (Å²) in [7, 11) is 1.40. The number of aliphatic hydroxyl groups is 1. The van der Waals surface area contributed by atoms with E-state index in [1.54, 1.807) is 17.9 Å². The van der Waals surface area contributed by atoms with Crippen molar-refractivity contribution in [2.75, 3.05) is 31.5 Å². The van der Waals surface area contributed by atoms with Gasteiger partial charge in [-0.2, -0.15) is 23.5 Å². The van der Waals surface area contributed by atoms with E-state index in [0.717, 1.165) is 36.0 Å². The van der Waals surface area contributed by atoms with Crippen molar-refractivity contribution < 1.29 is 32.3 Å². The number of piperazine rings is 1. The minimum Gasteiger partial charge on any atom is -0.367 e. The molecule has 1 aliphatic heterocycles. The molecule has 3 aromatic rings. The van der Waals surface area contributed by atoms with Gasteiger partial charge < -0.3 is 30.5 Å². The fourth-order valence-electron chi connectivity index (χ4n) is 6.01. The summed E-state index contributed by atoms with van der Waals surface area (Å²) in [5.41, 5.74) is 4.67. The van der Waals surface area contributed by atoms with Crippen molar-refractivity contribution in [1.82, 2.24) is 29.1 Å². The summed E-state index contributed by atoms with van der Waals surface area (Å²) in [5, 5.41) is 25.9. The predicted molar refractivity (Wildman–Crippen MR) is 153 cm³/mol. The summed E-state index contributed by atoms with van der Waals surface area (Å²) in [5.74, 6) is -1.47. The molecule has 1 saturated carbocycles. The molecule has 3 atom stereocenters. The quantitative estimate of drug-likeness (QED) is 0.265. The molecule has 0 bridgehead atoms. The van der Waals surface area contributed by atoms with Gasteiger partial charge in [0.2, 0.25) is 5.91 Å². The number of nitrogens with zero attached hydrogens (tertiary/aromatic N) is 7. The Labute approximate surface area is 256 Å². The molecule has 2 aromatic heterocycles. The maximum atomic E-state index is 15.3. The second-order valence-electron chi connectivity index (χ2n) is 11.4. The van der Waals surface area contributed by atoms with E-state index in [9.17, 15) is 27.9 Å². The highest BCUT2D eigenvalue weighted by molar-refractivity contribution is 5.96. The number of anilines is 1. The lowest BCUT2D eigenvalue weighted by molar-refractivity contribution is -0.141. The van der Waals surface area contributed by atoms with Gasteiger partial charge in [-0.3, -0.25) is 14.3 Å². The monoisotopic (exact) mass is 631 g/mol. The number of alkyl halides is 3. The molecular weight excluding hydrogens is 598 g/mol. The molecule has 3 heterocycles. The number of nitrogens with one attached hydrogen (secondary N) is 1. The van der Waals surface area contributed by atoms with Crippen LogP contribution < -0.4 is 11.1 Å². The Balaban J connectivity index is 1.27. The van der Waals surface area contributed by atoms with Crippen LogP contribution in [0.1, 0.15) is 52.9 Å². The molecule has 1 aromatic carbocycles. The molecule has 16 heteroatoms. The normalized spacial score (nSPS) is 19.4. The number of benzene rings is 1. The number of hydrogen-bond donors (Lipinski definition) is 3. The second-order valence-corrected chi connectivity index (χ2v) is 11.4. The summed E-state index contributed by atoms with van der Waals surface area (Å²) in [4.78, 5) is 33.4. The number of nitriles is 1. The van der Waals surface area contributed by atoms with E-state index >= 15 is 4.39 Å². The average molecular weight is 632 g/mol. The van der Waals surface area contributed by atoms with Crippen molar-refractivity contribution in [3.8, 4) is 17.3 Å². The highest BCUT2D eigenvalue weighted by Crippen LogP contribution is 2.37. The van der Waals surface area contributed by atoms with E-state index < -0.39 is 36.4 Å². The van der Waals surface area contributed by atoms with Crippen LogP contribution in [0.2, 0.25) is 0 Å². The first-order valence-electron chi connectivity index (χ1n) is 14.4. The minimum absolute atomic E-state index is 0.0146. The van der Waals surface area contributed by atoms with Crippen LogP contribution in [-0.2, 0) is 24.6 Å². The lowest BCUT2D eigenvalue weighted by atomic mass is 10.0. The zero-order valence-electron chi connectivity index (χ0n) is 24.7. The van der Waals surface area contributed by atoms with Crippen LogP contribution in [-0.4, -0.2) is 78.3 Å². The highest BCUT2D eigenvalue weighted by Gasteiger charge is 2.39. The minimum atomic E-state index is -4.80. The number of imidazole rings is 1. The first kappa shape index (κ1) is 31.9. The lowest BCUT2D eigenvalue weighted by Gasteiger charge is -2.36. The van der Waals surface area contributed by atoms with Gasteiger partial charge in [0.05, 0.1) is 29.1 Å². The Bertz CT molecular complexity index is 1610. The van der Waals surface area contributed by atoms with Crippen molar-refractivity contribution in [3.63, 3.8) is 0 Å². The van der Waals surface area contributed by atoms with Crippen LogP contribution in [0.25, 0.3) is 11.3 Å². The Hall–Kier alpha value is -4.49. The first-order chi connectivity index (χ1) is 21.3. The second kappa shape index (κ2) is 12.5. The van der Waals surface area contributed by atoms with Gasteiger partial charge in [0, 0.05) is 57.1 Å². The molecule has 1 aliphatic carbocycles. The highest BCUT2D eigenvalue weighted by atomic mass is 19.4. The molecule has 1 unspecified atom stereocenters. The molecule has 2 aliphatic rings. The van der Waals surface area contributed by atoms with Gasteiger partial charge in [0.15, 0.2) is 17.7 Å². The largest absolute Gasteiger partial charge is 0.435 e. The van der Waals surface area contributed by atoms with Gasteiger partial charge in [0.25, 0.3) is 5.91 Å². The third-order valence-corrected chi connectivity index (χ3v) is 8.31. The lowest BCUT2D eigenvalue weighted by Crippen LogP contribution is -2.52. The van der Waals surface area contributed by atoms with Crippen molar-refractivity contribution in [1.29, 1.82) is 5.26 Å². The SMILES string of the molecule is Cc1cc(NC(O)c2ncc(-c3cn(CC#N)nc3C(F)(F)F)n2C)cc(F)c1C(=O)N1CCN(C(=O)[C@H]2CC[C@@H](N)C2)CC1. The predicted octanol–water partition coefficient (Wildman–Crippen LogP) is 2.79. The van der Waals surface area contributed by atoms with E-state index in [1.807, 2.05) is 0 Å². The first-order valence-corrected chi connectivity index (χ1v) is 14.4. The number of hydrogen-bond acceptors (Lipinski definition) is 8. The molecule has 1 saturated heterocycles. The number of rotatable bonds is 7. The molecule has 240 valence electrons. The molecule has 0 spiro atoms. The number of aryl methyl sites for hydroxylation is 1. The fourth-order valence-corrected chi connectivity index (χ4v) is 6.01. The Morgan fingerprint density at radius 1 is 1.20 bits per heavy atom. The summed E-state index contributed by atoms with van der Waals surface area (Å²) >= 11 is 0. The van der Waals surface area contributed by atoms with Gasteiger partial charge >= 0.3 is 6.18 Å². The summed E-state index contributed by atoms with van der Waals surface area (Å²) in [6, 6.07) is 4.29. The van der Waals surface area contributed by atoms with Crippen LogP contribution in [0, 0.1) is 30.0 Å². The average Bonchev–Trinajstić information content (AvgIpc) is 3.70. The molecule has 5 rings (SSSR count). The van der Waals surface area contributed by atoms with E-state index in [4.69, 9.17) is 11.0 Å². The third-order valence-electron chi connectivity index (χ3n) is 8.31. The van der Waals surface area contributed by atoms with E-state index in [-0.39, 0.29) is 59.3 Å². The van der Waals surface area contributed by atoms with Crippen LogP contribution in [0.5, 0.6) is 0 Å². The Morgan fingerprint density at radius 2 is 1.89 bits per heavy atom. The summed E-state index contributed by atoms with van der Waals surface area (Å²) in [6.07, 6.45) is -1.93. The van der Waals surface area contributed by atoms with Gasteiger partial charge in [0.1, 0.15) is 12.4 Å². The number of amides is 2. The van der Waals surface area contributed by atoms with Gasteiger partial charge in [-0.25, -0.2) is 9.37 Å². The smallest absolute Gasteiger partial charge is 0.367 e. The molecule has 45 heavy (non-hydrogen) atoms. The van der Waals surface area contributed by atoms with Gasteiger partial charge in [-0.05, 0) is 43.9 Å². The number of halogens is 4. The van der Waals surface area contributed by atoms with Crippen LogP contribution in [0.3, 0.4) is 0 Å². The van der Waals surface area contributed by atoms with Crippen molar-refractivity contribution in [3.05, 3.63) is 53.0 Å². The van der Waals surface area contributed by atoms with Crippen LogP contribution in [0.15, 0.2) is 24.5 Å². The molecule has 2 amide bonds. The fraction of sp³-hybridized carbons (Fsp3) is 0.483. The van der Waals surface area contributed by atoms with E-state index in [0.29, 0.717) is 25.1 Å². The van der Waals surface area contributed by atoms with E-state index in [1.165, 1.54) is 22.6 Å². The molecule has 12 nitrogen and oxygen atoms in total. The van der Waals surface area contributed by atoms with Crippen LogP contribution in [0.4, 0.5) is 23.2 Å². The van der Waals surface area contributed by atoms with Crippen molar-refractivity contribution in [2.45, 2.75) is 51.2 Å². The molecule has 2 fully saturated rings. The maximum absolute atomic E-state index is 15.3. The summed E-state index contributed by atoms with van der Waals surface area (Å²) in [6.45, 7) is 2.36. The number of nitrogens with two attached hydrogens (primary N) is 1. The number of carbonyl (C=O) groups excluding carboxylic acids is 2. The van der Waals surface area contributed by atoms with Gasteiger partial charge in [-0.15, -0.1) is 0 Å². The number of carbonyl (C=O) groups is 2. The van der Waals surface area contributed by atoms with Gasteiger partial charge in [-0.1, -0.05) is 0 Å². The summed E-state index contributed by atoms with van der Waals surface area (Å²) < 4.78 is 58.4. The Morgan fingerprint density at radius 3 is 2.49 bits per heavy atom. The molecule has 0 radical (unpaired) electrons. The van der Waals surface area contributed by atoms with E-state index in [2.05, 4.69) is 15.4 Å². The standard InChI is InChI=1S/C29H33F4N9O3/c1-16-11-19(13-21(30)23(16)28(45)41-9-7-40(8-10-41)27(44)17-3-4-18(35)12-17)37-26(43)25-36-14-22(39(25)2)20-15-42(6-5-34)38-24(20)29(31,32)33/h11,13-15,17-18,26,37,43H,3-4,6-10,12,35H2,1-2H3/t17-,18+,26?/m0/s1. The topological polar surface area (TPSA) is 158 Å². The maximum Gasteiger partial charge on any atom is 0.435 e. The number of aromatic nitrogens is 4.